The lowest BCUT2D eigenvalue weighted by Crippen LogP contribution is -2.36. The van der Waals surface area contributed by atoms with Gasteiger partial charge in [0.05, 0.1) is 14.2 Å². The zero-order valence-electron chi connectivity index (χ0n) is 13.6. The molecule has 0 aromatic heterocycles. The Bertz CT molecular complexity index is 545. The molecule has 0 aliphatic heterocycles. The molecule has 120 valence electrons. The van der Waals surface area contributed by atoms with Gasteiger partial charge >= 0.3 is 0 Å². The van der Waals surface area contributed by atoms with Crippen molar-refractivity contribution in [2.45, 2.75) is 45.1 Å². The molecule has 0 unspecified atom stereocenters. The summed E-state index contributed by atoms with van der Waals surface area (Å²) in [6.07, 6.45) is 7.77. The number of amides is 1. The van der Waals surface area contributed by atoms with Crippen molar-refractivity contribution < 1.29 is 14.3 Å². The molecular formula is C18H25NO3. The van der Waals surface area contributed by atoms with E-state index < -0.39 is 0 Å². The second-order valence-corrected chi connectivity index (χ2v) is 5.75. The Hall–Kier alpha value is -1.97. The van der Waals surface area contributed by atoms with Gasteiger partial charge in [-0.1, -0.05) is 25.3 Å². The molecule has 0 atom stereocenters. The average Bonchev–Trinajstić information content (AvgIpc) is 2.55. The first-order chi connectivity index (χ1) is 10.6. The number of hydrogen-bond acceptors (Lipinski definition) is 3. The molecule has 1 saturated carbocycles. The van der Waals surface area contributed by atoms with Crippen LogP contribution < -0.4 is 14.8 Å². The Balaban J connectivity index is 2.05. The monoisotopic (exact) mass is 303 g/mol. The van der Waals surface area contributed by atoms with Gasteiger partial charge in [-0.25, -0.2) is 0 Å². The number of benzene rings is 1. The highest BCUT2D eigenvalue weighted by Gasteiger charge is 2.16. The second kappa shape index (κ2) is 7.87. The standard InChI is InChI=1S/C18H25NO3/c1-13(18(20)19-15-7-5-4-6-8-15)11-14-9-10-16(21-2)17(12-14)22-3/h9-12,15H,4-8H2,1-3H3,(H,19,20)/b13-11+. The van der Waals surface area contributed by atoms with E-state index in [-0.39, 0.29) is 5.91 Å². The van der Waals surface area contributed by atoms with Crippen LogP contribution in [0, 0.1) is 0 Å². The molecule has 4 heteroatoms. The molecule has 4 nitrogen and oxygen atoms in total. The van der Waals surface area contributed by atoms with Crippen LogP contribution in [-0.4, -0.2) is 26.2 Å². The Morgan fingerprint density at radius 2 is 1.82 bits per heavy atom. The fourth-order valence-corrected chi connectivity index (χ4v) is 2.80. The fourth-order valence-electron chi connectivity index (χ4n) is 2.80. The van der Waals surface area contributed by atoms with Gasteiger partial charge in [0.2, 0.25) is 5.91 Å². The highest BCUT2D eigenvalue weighted by Crippen LogP contribution is 2.28. The van der Waals surface area contributed by atoms with E-state index in [4.69, 9.17) is 9.47 Å². The third-order valence-electron chi connectivity index (χ3n) is 4.09. The molecule has 1 N–H and O–H groups in total. The van der Waals surface area contributed by atoms with Gasteiger partial charge in [0.15, 0.2) is 11.5 Å². The minimum atomic E-state index is 0.0154. The number of methoxy groups -OCH3 is 2. The summed E-state index contributed by atoms with van der Waals surface area (Å²) in [5.41, 5.74) is 1.63. The topological polar surface area (TPSA) is 47.6 Å². The van der Waals surface area contributed by atoms with Crippen molar-refractivity contribution >= 4 is 12.0 Å². The van der Waals surface area contributed by atoms with Crippen LogP contribution in [0.3, 0.4) is 0 Å². The van der Waals surface area contributed by atoms with Gasteiger partial charge in [0, 0.05) is 11.6 Å². The summed E-state index contributed by atoms with van der Waals surface area (Å²) in [6.45, 7) is 1.84. The van der Waals surface area contributed by atoms with E-state index >= 15 is 0 Å². The Morgan fingerprint density at radius 1 is 1.14 bits per heavy atom. The van der Waals surface area contributed by atoms with Crippen molar-refractivity contribution in [1.29, 1.82) is 0 Å². The molecule has 0 heterocycles. The summed E-state index contributed by atoms with van der Waals surface area (Å²) in [4.78, 5) is 12.3. The fraction of sp³-hybridized carbons (Fsp3) is 0.500. The molecule has 0 saturated heterocycles. The minimum Gasteiger partial charge on any atom is -0.493 e. The van der Waals surface area contributed by atoms with E-state index in [1.54, 1.807) is 14.2 Å². The van der Waals surface area contributed by atoms with Crippen LogP contribution in [0.2, 0.25) is 0 Å². The van der Waals surface area contributed by atoms with E-state index in [1.807, 2.05) is 31.2 Å². The first-order valence-corrected chi connectivity index (χ1v) is 7.85. The molecule has 1 aliphatic carbocycles. The molecule has 1 aromatic rings. The quantitative estimate of drug-likeness (QED) is 0.846. The lowest BCUT2D eigenvalue weighted by atomic mass is 9.95. The molecule has 1 aromatic carbocycles. The zero-order chi connectivity index (χ0) is 15.9. The van der Waals surface area contributed by atoms with Gasteiger partial charge in [-0.2, -0.15) is 0 Å². The summed E-state index contributed by atoms with van der Waals surface area (Å²) in [6, 6.07) is 5.96. The number of carbonyl (C=O) groups is 1. The minimum absolute atomic E-state index is 0.0154. The van der Waals surface area contributed by atoms with Crippen molar-refractivity contribution in [3.63, 3.8) is 0 Å². The SMILES string of the molecule is COc1ccc(/C=C(\C)C(=O)NC2CCCCC2)cc1OC. The van der Waals surface area contributed by atoms with Gasteiger partial charge in [-0.3, -0.25) is 4.79 Å². The normalized spacial score (nSPS) is 16.2. The molecule has 0 bridgehead atoms. The highest BCUT2D eigenvalue weighted by atomic mass is 16.5. The van der Waals surface area contributed by atoms with Crippen LogP contribution in [0.4, 0.5) is 0 Å². The maximum Gasteiger partial charge on any atom is 0.247 e. The molecule has 1 amide bonds. The van der Waals surface area contributed by atoms with Gasteiger partial charge in [-0.15, -0.1) is 0 Å². The lowest BCUT2D eigenvalue weighted by molar-refractivity contribution is -0.118. The number of rotatable bonds is 5. The first kappa shape index (κ1) is 16.4. The van der Waals surface area contributed by atoms with Crippen molar-refractivity contribution in [3.05, 3.63) is 29.3 Å². The predicted molar refractivity (Wildman–Crippen MR) is 88.2 cm³/mol. The lowest BCUT2D eigenvalue weighted by Gasteiger charge is -2.22. The molecule has 2 rings (SSSR count). The Labute approximate surface area is 132 Å². The van der Waals surface area contributed by atoms with Gasteiger partial charge in [-0.05, 0) is 43.5 Å². The summed E-state index contributed by atoms with van der Waals surface area (Å²) >= 11 is 0. The molecule has 1 aliphatic rings. The Morgan fingerprint density at radius 3 is 2.45 bits per heavy atom. The van der Waals surface area contributed by atoms with E-state index in [0.29, 0.717) is 23.1 Å². The smallest absolute Gasteiger partial charge is 0.247 e. The Kier molecular flexibility index (Phi) is 5.87. The third kappa shape index (κ3) is 4.26. The van der Waals surface area contributed by atoms with Crippen LogP contribution in [0.5, 0.6) is 11.5 Å². The van der Waals surface area contributed by atoms with Gasteiger partial charge in [0.1, 0.15) is 0 Å². The van der Waals surface area contributed by atoms with Crippen molar-refractivity contribution in [2.75, 3.05) is 14.2 Å². The molecule has 0 spiro atoms. The highest BCUT2D eigenvalue weighted by molar-refractivity contribution is 5.97. The summed E-state index contributed by atoms with van der Waals surface area (Å²) in [5, 5.41) is 3.13. The number of nitrogens with one attached hydrogen (secondary N) is 1. The summed E-state index contributed by atoms with van der Waals surface area (Å²) in [5.74, 6) is 1.36. The average molecular weight is 303 g/mol. The maximum atomic E-state index is 12.3. The zero-order valence-corrected chi connectivity index (χ0v) is 13.6. The van der Waals surface area contributed by atoms with E-state index in [1.165, 1.54) is 19.3 Å². The van der Waals surface area contributed by atoms with E-state index in [0.717, 1.165) is 18.4 Å². The van der Waals surface area contributed by atoms with Crippen molar-refractivity contribution in [2.24, 2.45) is 0 Å². The summed E-state index contributed by atoms with van der Waals surface area (Å²) in [7, 11) is 3.21. The maximum absolute atomic E-state index is 12.3. The van der Waals surface area contributed by atoms with Gasteiger partial charge < -0.3 is 14.8 Å². The van der Waals surface area contributed by atoms with E-state index in [9.17, 15) is 4.79 Å². The molecule has 22 heavy (non-hydrogen) atoms. The number of carbonyl (C=O) groups excluding carboxylic acids is 1. The van der Waals surface area contributed by atoms with Crippen LogP contribution in [0.15, 0.2) is 23.8 Å². The second-order valence-electron chi connectivity index (χ2n) is 5.75. The number of ether oxygens (including phenoxy) is 2. The first-order valence-electron chi connectivity index (χ1n) is 7.85. The van der Waals surface area contributed by atoms with Crippen LogP contribution >= 0.6 is 0 Å². The van der Waals surface area contributed by atoms with Crippen LogP contribution in [0.25, 0.3) is 6.08 Å². The third-order valence-corrected chi connectivity index (χ3v) is 4.09. The molecular weight excluding hydrogens is 278 g/mol. The van der Waals surface area contributed by atoms with Gasteiger partial charge in [0.25, 0.3) is 0 Å². The van der Waals surface area contributed by atoms with Crippen molar-refractivity contribution in [3.8, 4) is 11.5 Å². The summed E-state index contributed by atoms with van der Waals surface area (Å²) < 4.78 is 10.5. The molecule has 1 fully saturated rings. The van der Waals surface area contributed by atoms with E-state index in [2.05, 4.69) is 5.32 Å². The number of hydrogen-bond donors (Lipinski definition) is 1. The molecule has 0 radical (unpaired) electrons. The largest absolute Gasteiger partial charge is 0.493 e. The van der Waals surface area contributed by atoms with Crippen molar-refractivity contribution in [1.82, 2.24) is 5.32 Å². The van der Waals surface area contributed by atoms with Crippen LogP contribution in [-0.2, 0) is 4.79 Å². The predicted octanol–water partition coefficient (Wildman–Crippen LogP) is 3.56. The van der Waals surface area contributed by atoms with Crippen LogP contribution in [0.1, 0.15) is 44.6 Å².